The molecule has 0 saturated carbocycles. The van der Waals surface area contributed by atoms with Gasteiger partial charge in [-0.05, 0) is 46.3 Å². The number of anilines is 1. The predicted molar refractivity (Wildman–Crippen MR) is 86.9 cm³/mol. The van der Waals surface area contributed by atoms with E-state index in [0.717, 1.165) is 0 Å². The fourth-order valence-electron chi connectivity index (χ4n) is 1.76. The molecule has 0 spiro atoms. The van der Waals surface area contributed by atoms with E-state index in [0.29, 0.717) is 26.3 Å². The van der Waals surface area contributed by atoms with Crippen LogP contribution < -0.4 is 10.6 Å². The van der Waals surface area contributed by atoms with Gasteiger partial charge in [-0.1, -0.05) is 23.7 Å². The third kappa shape index (κ3) is 3.62. The Morgan fingerprint density at radius 1 is 1.05 bits per heavy atom. The number of halogens is 2. The zero-order chi connectivity index (χ0) is 15.4. The second kappa shape index (κ2) is 6.74. The highest BCUT2D eigenvalue weighted by atomic mass is 79.9. The SMILES string of the molecule is CNC(=O)c1cc(NC(=O)c2ccccc2Br)ccc1Cl. The first-order chi connectivity index (χ1) is 10.0. The van der Waals surface area contributed by atoms with Crippen LogP contribution in [0.5, 0.6) is 0 Å². The van der Waals surface area contributed by atoms with Crippen molar-refractivity contribution in [3.05, 3.63) is 63.1 Å². The summed E-state index contributed by atoms with van der Waals surface area (Å²) in [5, 5.41) is 5.56. The molecule has 0 aliphatic heterocycles. The highest BCUT2D eigenvalue weighted by Crippen LogP contribution is 2.22. The van der Waals surface area contributed by atoms with Crippen LogP contribution >= 0.6 is 27.5 Å². The van der Waals surface area contributed by atoms with E-state index in [9.17, 15) is 9.59 Å². The molecular formula is C15H12BrClN2O2. The summed E-state index contributed by atoms with van der Waals surface area (Å²) in [6.07, 6.45) is 0. The first-order valence-corrected chi connectivity index (χ1v) is 7.27. The molecular weight excluding hydrogens is 356 g/mol. The van der Waals surface area contributed by atoms with Crippen molar-refractivity contribution in [3.8, 4) is 0 Å². The third-order valence-corrected chi connectivity index (χ3v) is 3.84. The molecule has 0 unspecified atom stereocenters. The second-order valence-electron chi connectivity index (χ2n) is 4.21. The van der Waals surface area contributed by atoms with Crippen molar-refractivity contribution in [2.24, 2.45) is 0 Å². The van der Waals surface area contributed by atoms with E-state index in [-0.39, 0.29) is 11.8 Å². The summed E-state index contributed by atoms with van der Waals surface area (Å²) in [6, 6.07) is 11.8. The van der Waals surface area contributed by atoms with Crippen molar-refractivity contribution < 1.29 is 9.59 Å². The molecule has 0 radical (unpaired) electrons. The van der Waals surface area contributed by atoms with Gasteiger partial charge in [0.2, 0.25) is 0 Å². The summed E-state index contributed by atoms with van der Waals surface area (Å²) < 4.78 is 0.697. The molecule has 2 N–H and O–H groups in total. The number of benzene rings is 2. The van der Waals surface area contributed by atoms with E-state index in [2.05, 4.69) is 26.6 Å². The lowest BCUT2D eigenvalue weighted by molar-refractivity contribution is 0.0961. The first-order valence-electron chi connectivity index (χ1n) is 6.10. The van der Waals surface area contributed by atoms with Crippen LogP contribution in [0.15, 0.2) is 46.9 Å². The van der Waals surface area contributed by atoms with E-state index >= 15 is 0 Å². The maximum atomic E-state index is 12.2. The van der Waals surface area contributed by atoms with Crippen LogP contribution in [-0.2, 0) is 0 Å². The summed E-state index contributed by atoms with van der Waals surface area (Å²) in [7, 11) is 1.52. The predicted octanol–water partition coefficient (Wildman–Crippen LogP) is 3.71. The van der Waals surface area contributed by atoms with E-state index in [1.54, 1.807) is 30.3 Å². The fraction of sp³-hybridized carbons (Fsp3) is 0.0667. The quantitative estimate of drug-likeness (QED) is 0.869. The molecule has 2 aromatic carbocycles. The Labute approximate surface area is 135 Å². The van der Waals surface area contributed by atoms with Crippen LogP contribution in [0.1, 0.15) is 20.7 Å². The average Bonchev–Trinajstić information content (AvgIpc) is 2.48. The Hall–Kier alpha value is -1.85. The summed E-state index contributed by atoms with van der Waals surface area (Å²) in [4.78, 5) is 23.9. The lowest BCUT2D eigenvalue weighted by Gasteiger charge is -2.09. The molecule has 0 saturated heterocycles. The summed E-state index contributed by atoms with van der Waals surface area (Å²) >= 11 is 9.29. The van der Waals surface area contributed by atoms with Crippen molar-refractivity contribution >= 4 is 45.0 Å². The van der Waals surface area contributed by atoms with Crippen LogP contribution in [0.2, 0.25) is 5.02 Å². The lowest BCUT2D eigenvalue weighted by Crippen LogP contribution is -2.19. The van der Waals surface area contributed by atoms with Crippen molar-refractivity contribution in [3.63, 3.8) is 0 Å². The Bertz CT molecular complexity index is 704. The number of hydrogen-bond donors (Lipinski definition) is 2. The molecule has 4 nitrogen and oxygen atoms in total. The summed E-state index contributed by atoms with van der Waals surface area (Å²) in [5.41, 5.74) is 1.32. The number of carbonyl (C=O) groups excluding carboxylic acids is 2. The van der Waals surface area contributed by atoms with Gasteiger partial charge in [-0.15, -0.1) is 0 Å². The normalized spacial score (nSPS) is 10.0. The Morgan fingerprint density at radius 2 is 1.76 bits per heavy atom. The second-order valence-corrected chi connectivity index (χ2v) is 5.47. The van der Waals surface area contributed by atoms with Crippen molar-refractivity contribution in [2.45, 2.75) is 0 Å². The molecule has 0 aliphatic rings. The first kappa shape index (κ1) is 15.5. The van der Waals surface area contributed by atoms with E-state index in [4.69, 9.17) is 11.6 Å². The number of carbonyl (C=O) groups is 2. The lowest BCUT2D eigenvalue weighted by atomic mass is 10.1. The smallest absolute Gasteiger partial charge is 0.256 e. The van der Waals surface area contributed by atoms with E-state index in [1.165, 1.54) is 13.1 Å². The standard InChI is InChI=1S/C15H12BrClN2O2/c1-18-14(20)11-8-9(6-7-13(11)17)19-15(21)10-4-2-3-5-12(10)16/h2-8H,1H3,(H,18,20)(H,19,21). The minimum atomic E-state index is -0.308. The van der Waals surface area contributed by atoms with Gasteiger partial charge in [0.15, 0.2) is 0 Å². The molecule has 0 aliphatic carbocycles. The molecule has 0 heterocycles. The number of hydrogen-bond acceptors (Lipinski definition) is 2. The van der Waals surface area contributed by atoms with Crippen LogP contribution in [0.4, 0.5) is 5.69 Å². The van der Waals surface area contributed by atoms with Gasteiger partial charge in [0.1, 0.15) is 0 Å². The largest absolute Gasteiger partial charge is 0.355 e. The third-order valence-electron chi connectivity index (χ3n) is 2.81. The molecule has 21 heavy (non-hydrogen) atoms. The molecule has 0 bridgehead atoms. The Morgan fingerprint density at radius 3 is 2.43 bits per heavy atom. The van der Waals surface area contributed by atoms with Gasteiger partial charge < -0.3 is 10.6 Å². The zero-order valence-corrected chi connectivity index (χ0v) is 13.5. The topological polar surface area (TPSA) is 58.2 Å². The maximum Gasteiger partial charge on any atom is 0.256 e. The monoisotopic (exact) mass is 366 g/mol. The molecule has 2 amide bonds. The molecule has 0 atom stereocenters. The van der Waals surface area contributed by atoms with E-state index < -0.39 is 0 Å². The Kier molecular flexibility index (Phi) is 4.98. The van der Waals surface area contributed by atoms with Gasteiger partial charge in [-0.3, -0.25) is 9.59 Å². The van der Waals surface area contributed by atoms with Gasteiger partial charge >= 0.3 is 0 Å². The van der Waals surface area contributed by atoms with Crippen LogP contribution in [0.3, 0.4) is 0 Å². The van der Waals surface area contributed by atoms with Gasteiger partial charge in [-0.2, -0.15) is 0 Å². The highest BCUT2D eigenvalue weighted by Gasteiger charge is 2.13. The number of rotatable bonds is 3. The van der Waals surface area contributed by atoms with Crippen LogP contribution in [0.25, 0.3) is 0 Å². The van der Waals surface area contributed by atoms with Crippen LogP contribution in [0, 0.1) is 0 Å². The molecule has 2 rings (SSSR count). The van der Waals surface area contributed by atoms with Gasteiger partial charge in [-0.25, -0.2) is 0 Å². The average molecular weight is 368 g/mol. The number of nitrogens with one attached hydrogen (secondary N) is 2. The minimum Gasteiger partial charge on any atom is -0.355 e. The Balaban J connectivity index is 2.26. The zero-order valence-electron chi connectivity index (χ0n) is 11.1. The minimum absolute atomic E-state index is 0.271. The maximum absolute atomic E-state index is 12.2. The van der Waals surface area contributed by atoms with Gasteiger partial charge in [0.05, 0.1) is 16.1 Å². The fourth-order valence-corrected chi connectivity index (χ4v) is 2.42. The molecule has 0 aromatic heterocycles. The van der Waals surface area contributed by atoms with Gasteiger partial charge in [0, 0.05) is 17.2 Å². The molecule has 2 aromatic rings. The summed E-state index contributed by atoms with van der Waals surface area (Å²) in [5.74, 6) is -0.579. The number of amides is 2. The molecule has 6 heteroatoms. The molecule has 108 valence electrons. The van der Waals surface area contributed by atoms with Crippen molar-refractivity contribution in [2.75, 3.05) is 12.4 Å². The molecule has 0 fully saturated rings. The van der Waals surface area contributed by atoms with Crippen molar-refractivity contribution in [1.82, 2.24) is 5.32 Å². The van der Waals surface area contributed by atoms with Gasteiger partial charge in [0.25, 0.3) is 11.8 Å². The van der Waals surface area contributed by atoms with Crippen LogP contribution in [-0.4, -0.2) is 18.9 Å². The summed E-state index contributed by atoms with van der Waals surface area (Å²) in [6.45, 7) is 0. The van der Waals surface area contributed by atoms with Crippen molar-refractivity contribution in [1.29, 1.82) is 0 Å². The highest BCUT2D eigenvalue weighted by molar-refractivity contribution is 9.10. The van der Waals surface area contributed by atoms with E-state index in [1.807, 2.05) is 6.07 Å².